The Bertz CT molecular complexity index is 548. The third-order valence-corrected chi connectivity index (χ3v) is 4.46. The minimum absolute atomic E-state index is 0.290. The molecule has 20 heavy (non-hydrogen) atoms. The van der Waals surface area contributed by atoms with E-state index in [0.717, 1.165) is 38.5 Å². The molecule has 0 saturated carbocycles. The lowest BCUT2D eigenvalue weighted by atomic mass is 9.61. The lowest BCUT2D eigenvalue weighted by Crippen LogP contribution is -2.37. The van der Waals surface area contributed by atoms with Gasteiger partial charge in [-0.1, -0.05) is 30.3 Å². The molecule has 0 aromatic heterocycles. The number of hydrogen-bond acceptors (Lipinski definition) is 2. The van der Waals surface area contributed by atoms with Crippen molar-refractivity contribution in [1.29, 1.82) is 10.5 Å². The van der Waals surface area contributed by atoms with Crippen molar-refractivity contribution < 1.29 is 0 Å². The van der Waals surface area contributed by atoms with Crippen LogP contribution in [0.25, 0.3) is 0 Å². The second-order valence-electron chi connectivity index (χ2n) is 5.54. The van der Waals surface area contributed by atoms with Gasteiger partial charge in [-0.3, -0.25) is 0 Å². The first kappa shape index (κ1) is 14.4. The first-order chi connectivity index (χ1) is 9.78. The van der Waals surface area contributed by atoms with Crippen LogP contribution in [0.1, 0.15) is 43.2 Å². The Morgan fingerprint density at radius 2 is 2.05 bits per heavy atom. The average molecular weight is 264 g/mol. The molecular weight excluding hydrogens is 244 g/mol. The Kier molecular flexibility index (Phi) is 4.59. The molecule has 1 aromatic carbocycles. The van der Waals surface area contributed by atoms with Gasteiger partial charge in [0.2, 0.25) is 0 Å². The summed E-state index contributed by atoms with van der Waals surface area (Å²) in [5.41, 5.74) is 2.25. The predicted octanol–water partition coefficient (Wildman–Crippen LogP) is 4.28. The van der Waals surface area contributed by atoms with Gasteiger partial charge in [0.1, 0.15) is 5.92 Å². The van der Waals surface area contributed by atoms with Crippen LogP contribution in [-0.2, 0) is 11.8 Å². The molecule has 1 aliphatic carbocycles. The van der Waals surface area contributed by atoms with Crippen molar-refractivity contribution >= 4 is 0 Å². The Balaban J connectivity index is 2.45. The smallest absolute Gasteiger partial charge is 0.142 e. The molecule has 0 radical (unpaired) electrons. The largest absolute Gasteiger partial charge is 0.197 e. The molecule has 2 heteroatoms. The fourth-order valence-corrected chi connectivity index (χ4v) is 3.49. The number of hydrogen-bond donors (Lipinski definition) is 0. The lowest BCUT2D eigenvalue weighted by molar-refractivity contribution is 0.289. The molecule has 0 fully saturated rings. The number of rotatable bonds is 5. The Morgan fingerprint density at radius 1 is 1.30 bits per heavy atom. The zero-order valence-electron chi connectivity index (χ0n) is 11.8. The van der Waals surface area contributed by atoms with Gasteiger partial charge < -0.3 is 0 Å². The molecule has 0 saturated heterocycles. The highest BCUT2D eigenvalue weighted by atomic mass is 14.5. The molecule has 1 unspecified atom stereocenters. The molecule has 0 bridgehead atoms. The monoisotopic (exact) mass is 264 g/mol. The van der Waals surface area contributed by atoms with Gasteiger partial charge in [-0.05, 0) is 49.7 Å². The number of unbranched alkanes of at least 4 members (excludes halogenated alkanes) is 1. The SMILES string of the molecule is C=CCCCC1(C(C#N)C#N)CCCc2ccccc21. The fourth-order valence-electron chi connectivity index (χ4n) is 3.49. The molecule has 102 valence electrons. The second kappa shape index (κ2) is 6.40. The van der Waals surface area contributed by atoms with Gasteiger partial charge in [0, 0.05) is 5.41 Å². The van der Waals surface area contributed by atoms with Crippen molar-refractivity contribution in [2.75, 3.05) is 0 Å². The highest BCUT2D eigenvalue weighted by molar-refractivity contribution is 5.40. The van der Waals surface area contributed by atoms with Crippen LogP contribution in [0.4, 0.5) is 0 Å². The Labute approximate surface area is 121 Å². The van der Waals surface area contributed by atoms with Crippen molar-refractivity contribution in [3.05, 3.63) is 48.0 Å². The molecule has 0 spiro atoms. The van der Waals surface area contributed by atoms with Crippen LogP contribution in [0.2, 0.25) is 0 Å². The van der Waals surface area contributed by atoms with Gasteiger partial charge >= 0.3 is 0 Å². The second-order valence-corrected chi connectivity index (χ2v) is 5.54. The normalized spacial score (nSPS) is 20.8. The van der Waals surface area contributed by atoms with Crippen molar-refractivity contribution in [3.63, 3.8) is 0 Å². The van der Waals surface area contributed by atoms with E-state index in [1.807, 2.05) is 18.2 Å². The van der Waals surface area contributed by atoms with E-state index >= 15 is 0 Å². The van der Waals surface area contributed by atoms with Crippen molar-refractivity contribution in [2.24, 2.45) is 5.92 Å². The van der Waals surface area contributed by atoms with Gasteiger partial charge in [0.15, 0.2) is 0 Å². The number of nitrogens with zero attached hydrogens (tertiary/aromatic N) is 2. The van der Waals surface area contributed by atoms with E-state index in [9.17, 15) is 10.5 Å². The van der Waals surface area contributed by atoms with Gasteiger partial charge in [0.25, 0.3) is 0 Å². The predicted molar refractivity (Wildman–Crippen MR) is 79.8 cm³/mol. The molecule has 2 rings (SSSR count). The average Bonchev–Trinajstić information content (AvgIpc) is 2.49. The molecule has 0 N–H and O–H groups in total. The molecule has 0 heterocycles. The number of fused-ring (bicyclic) bond motifs is 1. The Hall–Kier alpha value is -2.06. The maximum Gasteiger partial charge on any atom is 0.142 e. The molecule has 1 atom stereocenters. The van der Waals surface area contributed by atoms with E-state index in [4.69, 9.17) is 0 Å². The van der Waals surface area contributed by atoms with E-state index in [1.165, 1.54) is 11.1 Å². The van der Waals surface area contributed by atoms with Gasteiger partial charge in [-0.15, -0.1) is 6.58 Å². The Morgan fingerprint density at radius 3 is 2.75 bits per heavy atom. The van der Waals surface area contributed by atoms with Gasteiger partial charge in [0.05, 0.1) is 12.1 Å². The molecule has 2 nitrogen and oxygen atoms in total. The van der Waals surface area contributed by atoms with E-state index in [-0.39, 0.29) is 5.41 Å². The number of aryl methyl sites for hydroxylation is 1. The van der Waals surface area contributed by atoms with Crippen LogP contribution in [0.3, 0.4) is 0 Å². The van der Waals surface area contributed by atoms with Crippen LogP contribution in [0.15, 0.2) is 36.9 Å². The topological polar surface area (TPSA) is 47.6 Å². The first-order valence-corrected chi connectivity index (χ1v) is 7.27. The summed E-state index contributed by atoms with van der Waals surface area (Å²) in [6.07, 6.45) is 7.78. The van der Waals surface area contributed by atoms with Crippen molar-refractivity contribution in [2.45, 2.75) is 43.9 Å². The number of allylic oxidation sites excluding steroid dienone is 1. The van der Waals surface area contributed by atoms with E-state index in [1.54, 1.807) is 0 Å². The summed E-state index contributed by atoms with van der Waals surface area (Å²) in [7, 11) is 0. The maximum absolute atomic E-state index is 9.43. The summed E-state index contributed by atoms with van der Waals surface area (Å²) in [5.74, 6) is -0.561. The van der Waals surface area contributed by atoms with Crippen LogP contribution in [-0.4, -0.2) is 0 Å². The van der Waals surface area contributed by atoms with Gasteiger partial charge in [-0.25, -0.2) is 0 Å². The number of nitriles is 2. The molecular formula is C18H20N2. The van der Waals surface area contributed by atoms with E-state index < -0.39 is 5.92 Å². The van der Waals surface area contributed by atoms with Crippen LogP contribution < -0.4 is 0 Å². The highest BCUT2D eigenvalue weighted by Gasteiger charge is 2.43. The summed E-state index contributed by atoms with van der Waals surface area (Å²) in [4.78, 5) is 0. The molecule has 0 amide bonds. The van der Waals surface area contributed by atoms with Crippen LogP contribution in [0, 0.1) is 28.6 Å². The summed E-state index contributed by atoms with van der Waals surface area (Å²) in [6.45, 7) is 3.77. The van der Waals surface area contributed by atoms with E-state index in [2.05, 4.69) is 30.9 Å². The third kappa shape index (κ3) is 2.47. The molecule has 1 aliphatic rings. The summed E-state index contributed by atoms with van der Waals surface area (Å²) < 4.78 is 0. The minimum Gasteiger partial charge on any atom is -0.197 e. The third-order valence-electron chi connectivity index (χ3n) is 4.46. The first-order valence-electron chi connectivity index (χ1n) is 7.27. The van der Waals surface area contributed by atoms with E-state index in [0.29, 0.717) is 0 Å². The minimum atomic E-state index is -0.561. The van der Waals surface area contributed by atoms with Crippen LogP contribution >= 0.6 is 0 Å². The summed E-state index contributed by atoms with van der Waals surface area (Å²) in [6, 6.07) is 12.8. The highest BCUT2D eigenvalue weighted by Crippen LogP contribution is 2.46. The number of benzene rings is 1. The maximum atomic E-state index is 9.43. The quantitative estimate of drug-likeness (QED) is 0.588. The summed E-state index contributed by atoms with van der Waals surface area (Å²) >= 11 is 0. The zero-order chi connectivity index (χ0) is 14.4. The van der Waals surface area contributed by atoms with Crippen LogP contribution in [0.5, 0.6) is 0 Å². The standard InChI is InChI=1S/C18H20N2/c1-2-3-6-11-18(16(13-19)14-20)12-7-9-15-8-4-5-10-17(15)18/h2,4-5,8,10,16H,1,3,6-7,9,11-12H2. The van der Waals surface area contributed by atoms with Gasteiger partial charge in [-0.2, -0.15) is 10.5 Å². The van der Waals surface area contributed by atoms with Crippen molar-refractivity contribution in [3.8, 4) is 12.1 Å². The summed E-state index contributed by atoms with van der Waals surface area (Å²) in [5, 5.41) is 18.9. The molecule has 0 aliphatic heterocycles. The van der Waals surface area contributed by atoms with Crippen molar-refractivity contribution in [1.82, 2.24) is 0 Å². The fraction of sp³-hybridized carbons (Fsp3) is 0.444. The zero-order valence-corrected chi connectivity index (χ0v) is 11.8. The lowest BCUT2D eigenvalue weighted by Gasteiger charge is -2.40. The molecule has 1 aromatic rings.